The third kappa shape index (κ3) is 5.33. The van der Waals surface area contributed by atoms with E-state index in [-0.39, 0.29) is 18.9 Å². The summed E-state index contributed by atoms with van der Waals surface area (Å²) in [5.41, 5.74) is 1.80. The quantitative estimate of drug-likeness (QED) is 0.713. The van der Waals surface area contributed by atoms with Crippen LogP contribution in [0, 0.1) is 6.92 Å². The zero-order valence-corrected chi connectivity index (χ0v) is 17.8. The number of benzene rings is 2. The number of fused-ring (bicyclic) bond motifs is 1. The van der Waals surface area contributed by atoms with Gasteiger partial charge in [-0.05, 0) is 43.2 Å². The molecule has 1 heterocycles. The number of nitrogens with one attached hydrogen (secondary N) is 1. The van der Waals surface area contributed by atoms with Crippen molar-refractivity contribution in [3.63, 3.8) is 0 Å². The first kappa shape index (κ1) is 21.3. The first-order valence-corrected chi connectivity index (χ1v) is 11.4. The van der Waals surface area contributed by atoms with E-state index < -0.39 is 10.0 Å². The molecule has 2 aromatic carbocycles. The zero-order chi connectivity index (χ0) is 21.0. The Bertz CT molecular complexity index is 1010. The summed E-state index contributed by atoms with van der Waals surface area (Å²) in [5, 5.41) is 3.29. The Labute approximate surface area is 175 Å². The Morgan fingerprint density at radius 2 is 1.90 bits per heavy atom. The van der Waals surface area contributed by atoms with Gasteiger partial charge in [0.1, 0.15) is 13.2 Å². The van der Waals surface area contributed by atoms with Crippen molar-refractivity contribution in [2.45, 2.75) is 19.8 Å². The zero-order valence-electron chi connectivity index (χ0n) is 16.3. The molecule has 0 fully saturated rings. The van der Waals surface area contributed by atoms with Crippen LogP contribution in [0.5, 0.6) is 11.5 Å². The summed E-state index contributed by atoms with van der Waals surface area (Å²) in [5.74, 6) is 1.03. The van der Waals surface area contributed by atoms with Crippen molar-refractivity contribution in [2.24, 2.45) is 0 Å². The summed E-state index contributed by atoms with van der Waals surface area (Å²) in [6, 6.07) is 10.3. The topological polar surface area (TPSA) is 84.9 Å². The third-order valence-corrected chi connectivity index (χ3v) is 6.09. The molecule has 1 amide bonds. The molecule has 0 unspecified atom stereocenters. The Morgan fingerprint density at radius 1 is 1.17 bits per heavy atom. The second-order valence-corrected chi connectivity index (χ2v) is 9.04. The standard InChI is InChI=1S/C20H23ClN2O5S/c1-14-16(21)5-3-6-17(14)23(29(2,25)26)10-4-7-20(24)22-15-8-9-18-19(13-15)28-12-11-27-18/h3,5-6,8-9,13H,4,7,10-12H2,1-2H3,(H,22,24). The molecule has 2 aromatic rings. The number of carbonyl (C=O) groups excluding carboxylic acids is 1. The number of ether oxygens (including phenoxy) is 2. The molecule has 1 aliphatic rings. The molecule has 0 aliphatic carbocycles. The van der Waals surface area contributed by atoms with Gasteiger partial charge in [0.05, 0.1) is 11.9 Å². The van der Waals surface area contributed by atoms with E-state index in [1.807, 2.05) is 0 Å². The second-order valence-electron chi connectivity index (χ2n) is 6.73. The maximum atomic E-state index is 12.3. The van der Waals surface area contributed by atoms with Gasteiger partial charge in [0.15, 0.2) is 11.5 Å². The average Bonchev–Trinajstić information content (AvgIpc) is 2.67. The van der Waals surface area contributed by atoms with E-state index in [0.717, 1.165) is 6.26 Å². The molecular weight excluding hydrogens is 416 g/mol. The van der Waals surface area contributed by atoms with Gasteiger partial charge in [-0.2, -0.15) is 0 Å². The normalized spacial score (nSPS) is 13.1. The number of hydrogen-bond donors (Lipinski definition) is 1. The molecule has 0 radical (unpaired) electrons. The van der Waals surface area contributed by atoms with E-state index in [1.54, 1.807) is 43.3 Å². The molecule has 0 bridgehead atoms. The van der Waals surface area contributed by atoms with Crippen LogP contribution in [0.1, 0.15) is 18.4 Å². The fourth-order valence-corrected chi connectivity index (χ4v) is 4.24. The average molecular weight is 439 g/mol. The number of anilines is 2. The molecule has 0 saturated carbocycles. The van der Waals surface area contributed by atoms with E-state index in [4.69, 9.17) is 21.1 Å². The van der Waals surface area contributed by atoms with Crippen LogP contribution in [0.2, 0.25) is 5.02 Å². The largest absolute Gasteiger partial charge is 0.486 e. The minimum Gasteiger partial charge on any atom is -0.486 e. The highest BCUT2D eigenvalue weighted by atomic mass is 35.5. The van der Waals surface area contributed by atoms with E-state index >= 15 is 0 Å². The monoisotopic (exact) mass is 438 g/mol. The van der Waals surface area contributed by atoms with E-state index in [2.05, 4.69) is 5.32 Å². The van der Waals surface area contributed by atoms with Crippen LogP contribution >= 0.6 is 11.6 Å². The predicted molar refractivity (Wildman–Crippen MR) is 114 cm³/mol. The molecule has 0 spiro atoms. The number of carbonyl (C=O) groups is 1. The molecule has 0 atom stereocenters. The molecule has 3 rings (SSSR count). The molecule has 156 valence electrons. The van der Waals surface area contributed by atoms with Gasteiger partial charge < -0.3 is 14.8 Å². The van der Waals surface area contributed by atoms with Crippen LogP contribution < -0.4 is 19.1 Å². The number of sulfonamides is 1. The van der Waals surface area contributed by atoms with Gasteiger partial charge in [-0.1, -0.05) is 17.7 Å². The number of nitrogens with zero attached hydrogens (tertiary/aromatic N) is 1. The maximum Gasteiger partial charge on any atom is 0.232 e. The van der Waals surface area contributed by atoms with Crippen LogP contribution in [0.15, 0.2) is 36.4 Å². The molecule has 9 heteroatoms. The summed E-state index contributed by atoms with van der Waals surface area (Å²) in [6.07, 6.45) is 1.66. The molecule has 1 aliphatic heterocycles. The van der Waals surface area contributed by atoms with E-state index in [9.17, 15) is 13.2 Å². The lowest BCUT2D eigenvalue weighted by Gasteiger charge is -2.24. The Kier molecular flexibility index (Phi) is 6.54. The number of hydrogen-bond acceptors (Lipinski definition) is 5. The smallest absolute Gasteiger partial charge is 0.232 e. The van der Waals surface area contributed by atoms with E-state index in [0.29, 0.717) is 53.1 Å². The van der Waals surface area contributed by atoms with Crippen LogP contribution in [0.25, 0.3) is 0 Å². The van der Waals surface area contributed by atoms with Crippen molar-refractivity contribution in [1.82, 2.24) is 0 Å². The highest BCUT2D eigenvalue weighted by Crippen LogP contribution is 2.32. The van der Waals surface area contributed by atoms with Crippen molar-refractivity contribution in [2.75, 3.05) is 35.6 Å². The van der Waals surface area contributed by atoms with Crippen molar-refractivity contribution in [3.8, 4) is 11.5 Å². The molecule has 1 N–H and O–H groups in total. The first-order chi connectivity index (χ1) is 13.8. The van der Waals surface area contributed by atoms with E-state index in [1.165, 1.54) is 4.31 Å². The summed E-state index contributed by atoms with van der Waals surface area (Å²) in [4.78, 5) is 12.3. The lowest BCUT2D eigenvalue weighted by molar-refractivity contribution is -0.116. The summed E-state index contributed by atoms with van der Waals surface area (Å²) < 4.78 is 36.8. The van der Waals surface area contributed by atoms with Crippen LogP contribution in [0.4, 0.5) is 11.4 Å². The van der Waals surface area contributed by atoms with Crippen LogP contribution in [-0.2, 0) is 14.8 Å². The number of rotatable bonds is 7. The van der Waals surface area contributed by atoms with Gasteiger partial charge >= 0.3 is 0 Å². The minimum atomic E-state index is -3.51. The number of amides is 1. The Hall–Kier alpha value is -2.45. The molecule has 0 saturated heterocycles. The van der Waals surface area contributed by atoms with Crippen molar-refractivity contribution >= 4 is 38.9 Å². The lowest BCUT2D eigenvalue weighted by Crippen LogP contribution is -2.32. The lowest BCUT2D eigenvalue weighted by atomic mass is 10.2. The fraction of sp³-hybridized carbons (Fsp3) is 0.350. The Balaban J connectivity index is 1.61. The highest BCUT2D eigenvalue weighted by Gasteiger charge is 2.20. The summed E-state index contributed by atoms with van der Waals surface area (Å²) >= 11 is 6.13. The van der Waals surface area contributed by atoms with Gasteiger partial charge in [-0.15, -0.1) is 0 Å². The predicted octanol–water partition coefficient (Wildman–Crippen LogP) is 3.60. The number of halogens is 1. The molecular formula is C20H23ClN2O5S. The fourth-order valence-electron chi connectivity index (χ4n) is 3.06. The van der Waals surface area contributed by atoms with Crippen molar-refractivity contribution in [3.05, 3.63) is 47.0 Å². The van der Waals surface area contributed by atoms with Gasteiger partial charge in [0, 0.05) is 29.7 Å². The third-order valence-electron chi connectivity index (χ3n) is 4.50. The van der Waals surface area contributed by atoms with Crippen molar-refractivity contribution < 1.29 is 22.7 Å². The molecule has 29 heavy (non-hydrogen) atoms. The van der Waals surface area contributed by atoms with Gasteiger partial charge in [-0.3, -0.25) is 9.10 Å². The van der Waals surface area contributed by atoms with Gasteiger partial charge in [0.25, 0.3) is 0 Å². The minimum absolute atomic E-state index is 0.167. The molecule has 7 nitrogen and oxygen atoms in total. The van der Waals surface area contributed by atoms with Crippen LogP contribution in [-0.4, -0.2) is 40.3 Å². The van der Waals surface area contributed by atoms with Gasteiger partial charge in [0.2, 0.25) is 15.9 Å². The summed E-state index contributed by atoms with van der Waals surface area (Å²) in [7, 11) is -3.51. The Morgan fingerprint density at radius 3 is 2.62 bits per heavy atom. The summed E-state index contributed by atoms with van der Waals surface area (Å²) in [6.45, 7) is 2.91. The molecule has 0 aromatic heterocycles. The SMILES string of the molecule is Cc1c(Cl)cccc1N(CCCC(=O)Nc1ccc2c(c1)OCCO2)S(C)(=O)=O. The maximum absolute atomic E-state index is 12.3. The highest BCUT2D eigenvalue weighted by molar-refractivity contribution is 7.92. The van der Waals surface area contributed by atoms with Crippen molar-refractivity contribution in [1.29, 1.82) is 0 Å². The first-order valence-electron chi connectivity index (χ1n) is 9.18. The second kappa shape index (κ2) is 8.92. The van der Waals surface area contributed by atoms with Crippen LogP contribution in [0.3, 0.4) is 0 Å². The van der Waals surface area contributed by atoms with Gasteiger partial charge in [-0.25, -0.2) is 8.42 Å².